The molecule has 0 amide bonds. The van der Waals surface area contributed by atoms with Crippen molar-refractivity contribution in [3.05, 3.63) is 27.7 Å². The van der Waals surface area contributed by atoms with Crippen LogP contribution in [0, 0.1) is 12.8 Å². The molecule has 0 spiro atoms. The number of hydrogen-bond acceptors (Lipinski definition) is 2. The van der Waals surface area contributed by atoms with Crippen molar-refractivity contribution in [2.24, 2.45) is 5.92 Å². The van der Waals surface area contributed by atoms with Crippen LogP contribution in [0.4, 0.5) is 0 Å². The third-order valence-electron chi connectivity index (χ3n) is 2.63. The third-order valence-corrected chi connectivity index (χ3v) is 3.62. The van der Waals surface area contributed by atoms with Crippen LogP contribution in [0.25, 0.3) is 0 Å². The van der Waals surface area contributed by atoms with Crippen LogP contribution in [-0.4, -0.2) is 18.2 Å². The molecule has 0 fully saturated rings. The highest BCUT2D eigenvalue weighted by Gasteiger charge is 2.15. The monoisotopic (exact) mass is 286 g/mol. The summed E-state index contributed by atoms with van der Waals surface area (Å²) in [4.78, 5) is 10.8. The number of rotatable bonds is 4. The van der Waals surface area contributed by atoms with Gasteiger partial charge in [0.05, 0.1) is 17.5 Å². The van der Waals surface area contributed by atoms with Gasteiger partial charge in [-0.05, 0) is 46.5 Å². The zero-order valence-electron chi connectivity index (χ0n) is 9.58. The lowest BCUT2D eigenvalue weighted by molar-refractivity contribution is -0.141. The molecule has 0 bridgehead atoms. The number of carboxylic acid groups (broad SMARTS) is 1. The van der Waals surface area contributed by atoms with Gasteiger partial charge in [-0.2, -0.15) is 0 Å². The Morgan fingerprint density at radius 1 is 1.56 bits per heavy atom. The molecular weight excluding hydrogens is 272 g/mol. The van der Waals surface area contributed by atoms with E-state index in [-0.39, 0.29) is 5.92 Å². The van der Waals surface area contributed by atoms with Crippen LogP contribution in [0.3, 0.4) is 0 Å². The quantitative estimate of drug-likeness (QED) is 0.926. The van der Waals surface area contributed by atoms with E-state index in [2.05, 4.69) is 15.9 Å². The molecule has 1 aromatic carbocycles. The van der Waals surface area contributed by atoms with Crippen LogP contribution in [0.15, 0.2) is 16.6 Å². The van der Waals surface area contributed by atoms with E-state index in [4.69, 9.17) is 9.84 Å². The standard InChI is InChI=1S/C12H15BrO3/c1-7(12(14)15)6-9-4-5-10(16-3)11(13)8(9)2/h4-5,7H,6H2,1-3H3,(H,14,15). The number of benzene rings is 1. The minimum atomic E-state index is -0.772. The van der Waals surface area contributed by atoms with E-state index in [1.165, 1.54) is 0 Å². The van der Waals surface area contributed by atoms with Crippen molar-refractivity contribution < 1.29 is 14.6 Å². The summed E-state index contributed by atoms with van der Waals surface area (Å²) in [6.07, 6.45) is 0.532. The van der Waals surface area contributed by atoms with Crippen LogP contribution in [0.5, 0.6) is 5.75 Å². The van der Waals surface area contributed by atoms with Gasteiger partial charge in [-0.25, -0.2) is 0 Å². The Balaban J connectivity index is 2.99. The number of carboxylic acids is 1. The summed E-state index contributed by atoms with van der Waals surface area (Å²) in [5.74, 6) is -0.380. The number of carbonyl (C=O) groups is 1. The normalized spacial score (nSPS) is 12.2. The molecule has 1 atom stereocenters. The maximum Gasteiger partial charge on any atom is 0.306 e. The van der Waals surface area contributed by atoms with Crippen LogP contribution in [0.1, 0.15) is 18.1 Å². The van der Waals surface area contributed by atoms with Crippen molar-refractivity contribution in [3.63, 3.8) is 0 Å². The second-order valence-electron chi connectivity index (χ2n) is 3.81. The molecule has 0 saturated carbocycles. The van der Waals surface area contributed by atoms with E-state index in [0.717, 1.165) is 21.3 Å². The summed E-state index contributed by atoms with van der Waals surface area (Å²) < 4.78 is 6.06. The predicted octanol–water partition coefficient (Wildman–Crippen LogP) is 3.03. The molecule has 1 rings (SSSR count). The number of halogens is 1. The van der Waals surface area contributed by atoms with Crippen molar-refractivity contribution in [3.8, 4) is 5.75 Å². The van der Waals surface area contributed by atoms with Crippen LogP contribution >= 0.6 is 15.9 Å². The van der Waals surface area contributed by atoms with Crippen molar-refractivity contribution in [1.82, 2.24) is 0 Å². The molecule has 0 heterocycles. The van der Waals surface area contributed by atoms with E-state index in [1.807, 2.05) is 19.1 Å². The number of aliphatic carboxylic acids is 1. The molecule has 0 aliphatic heterocycles. The van der Waals surface area contributed by atoms with E-state index in [1.54, 1.807) is 14.0 Å². The maximum atomic E-state index is 10.8. The van der Waals surface area contributed by atoms with Crippen LogP contribution in [0.2, 0.25) is 0 Å². The molecule has 4 heteroatoms. The highest BCUT2D eigenvalue weighted by Crippen LogP contribution is 2.31. The Labute approximate surface area is 104 Å². The topological polar surface area (TPSA) is 46.5 Å². The molecule has 1 aromatic rings. The first-order valence-electron chi connectivity index (χ1n) is 5.02. The number of ether oxygens (including phenoxy) is 1. The van der Waals surface area contributed by atoms with E-state index in [0.29, 0.717) is 6.42 Å². The molecule has 3 nitrogen and oxygen atoms in total. The van der Waals surface area contributed by atoms with Gasteiger partial charge in [0.25, 0.3) is 0 Å². The summed E-state index contributed by atoms with van der Waals surface area (Å²) in [7, 11) is 1.61. The van der Waals surface area contributed by atoms with Crippen LogP contribution < -0.4 is 4.74 Å². The molecule has 0 aromatic heterocycles. The molecule has 0 aliphatic rings. The third kappa shape index (κ3) is 2.76. The lowest BCUT2D eigenvalue weighted by Gasteiger charge is -2.13. The lowest BCUT2D eigenvalue weighted by atomic mass is 9.97. The molecule has 1 N–H and O–H groups in total. The van der Waals surface area contributed by atoms with Crippen molar-refractivity contribution >= 4 is 21.9 Å². The van der Waals surface area contributed by atoms with Gasteiger partial charge in [-0.15, -0.1) is 0 Å². The zero-order valence-corrected chi connectivity index (χ0v) is 11.2. The van der Waals surface area contributed by atoms with Crippen LogP contribution in [-0.2, 0) is 11.2 Å². The summed E-state index contributed by atoms with van der Waals surface area (Å²) in [5, 5.41) is 8.87. The molecule has 16 heavy (non-hydrogen) atoms. The molecule has 88 valence electrons. The zero-order chi connectivity index (χ0) is 12.3. The minimum absolute atomic E-state index is 0.376. The van der Waals surface area contributed by atoms with Gasteiger partial charge in [-0.3, -0.25) is 4.79 Å². The second kappa shape index (κ2) is 5.34. The van der Waals surface area contributed by atoms with Gasteiger partial charge in [0.1, 0.15) is 5.75 Å². The first-order valence-corrected chi connectivity index (χ1v) is 5.81. The molecule has 0 radical (unpaired) electrons. The average Bonchev–Trinajstić information content (AvgIpc) is 2.25. The maximum absolute atomic E-state index is 10.8. The Kier molecular flexibility index (Phi) is 4.35. The Morgan fingerprint density at radius 2 is 2.19 bits per heavy atom. The fraction of sp³-hybridized carbons (Fsp3) is 0.417. The summed E-state index contributed by atoms with van der Waals surface area (Å²) in [6.45, 7) is 3.66. The average molecular weight is 287 g/mol. The number of methoxy groups -OCH3 is 1. The molecule has 0 aliphatic carbocycles. The first kappa shape index (κ1) is 13.0. The van der Waals surface area contributed by atoms with Gasteiger partial charge in [0, 0.05) is 0 Å². The lowest BCUT2D eigenvalue weighted by Crippen LogP contribution is -2.13. The predicted molar refractivity (Wildman–Crippen MR) is 65.9 cm³/mol. The Bertz CT molecular complexity index is 401. The largest absolute Gasteiger partial charge is 0.496 e. The van der Waals surface area contributed by atoms with Crippen molar-refractivity contribution in [2.45, 2.75) is 20.3 Å². The van der Waals surface area contributed by atoms with Crippen molar-refractivity contribution in [2.75, 3.05) is 7.11 Å². The fourth-order valence-corrected chi connectivity index (χ4v) is 2.04. The van der Waals surface area contributed by atoms with Crippen molar-refractivity contribution in [1.29, 1.82) is 0 Å². The first-order chi connectivity index (χ1) is 7.47. The highest BCUT2D eigenvalue weighted by atomic mass is 79.9. The van der Waals surface area contributed by atoms with Gasteiger partial charge >= 0.3 is 5.97 Å². The van der Waals surface area contributed by atoms with Gasteiger partial charge in [0.15, 0.2) is 0 Å². The summed E-state index contributed by atoms with van der Waals surface area (Å²) in [5.41, 5.74) is 2.06. The SMILES string of the molecule is COc1ccc(CC(C)C(=O)O)c(C)c1Br. The van der Waals surface area contributed by atoms with E-state index < -0.39 is 5.97 Å². The summed E-state index contributed by atoms with van der Waals surface area (Å²) >= 11 is 3.45. The van der Waals surface area contributed by atoms with Gasteiger partial charge in [-0.1, -0.05) is 13.0 Å². The molecule has 0 saturated heterocycles. The summed E-state index contributed by atoms with van der Waals surface area (Å²) in [6, 6.07) is 3.76. The highest BCUT2D eigenvalue weighted by molar-refractivity contribution is 9.10. The van der Waals surface area contributed by atoms with Gasteiger partial charge < -0.3 is 9.84 Å². The molecule has 1 unspecified atom stereocenters. The smallest absolute Gasteiger partial charge is 0.306 e. The minimum Gasteiger partial charge on any atom is -0.496 e. The number of hydrogen-bond donors (Lipinski definition) is 1. The fourth-order valence-electron chi connectivity index (χ4n) is 1.50. The Morgan fingerprint density at radius 3 is 2.69 bits per heavy atom. The van der Waals surface area contributed by atoms with E-state index in [9.17, 15) is 4.79 Å². The van der Waals surface area contributed by atoms with Gasteiger partial charge in [0.2, 0.25) is 0 Å². The van der Waals surface area contributed by atoms with E-state index >= 15 is 0 Å². The Hall–Kier alpha value is -1.03. The second-order valence-corrected chi connectivity index (χ2v) is 4.60. The molecular formula is C12H15BrO3.